The van der Waals surface area contributed by atoms with Crippen LogP contribution in [0.2, 0.25) is 0 Å². The van der Waals surface area contributed by atoms with Crippen molar-refractivity contribution in [3.8, 4) is 0 Å². The van der Waals surface area contributed by atoms with Gasteiger partial charge in [0.05, 0.1) is 0 Å². The van der Waals surface area contributed by atoms with E-state index < -0.39 is 0 Å². The lowest BCUT2D eigenvalue weighted by Crippen LogP contribution is -2.21. The highest BCUT2D eigenvalue weighted by molar-refractivity contribution is 6.04. The van der Waals surface area contributed by atoms with Gasteiger partial charge in [-0.25, -0.2) is 0 Å². The third kappa shape index (κ3) is 5.32. The van der Waals surface area contributed by atoms with Crippen molar-refractivity contribution in [3.05, 3.63) is 82.9 Å². The van der Waals surface area contributed by atoms with Crippen LogP contribution < -0.4 is 0 Å². The van der Waals surface area contributed by atoms with Crippen molar-refractivity contribution in [3.63, 3.8) is 0 Å². The number of rotatable bonds is 3. The zero-order chi connectivity index (χ0) is 19.5. The van der Waals surface area contributed by atoms with Crippen LogP contribution in [0.15, 0.2) is 71.7 Å². The fourth-order valence-corrected chi connectivity index (χ4v) is 2.42. The molecule has 1 heterocycles. The highest BCUT2D eigenvalue weighted by Crippen LogP contribution is 2.38. The fraction of sp³-hybridized carbons (Fsp3) is 0.375. The number of carbonyl (C=O) groups is 1. The molecule has 0 amide bonds. The average Bonchev–Trinajstić information content (AvgIpc) is 2.53. The quantitative estimate of drug-likeness (QED) is 0.456. The molecule has 0 N–H and O–H groups in total. The van der Waals surface area contributed by atoms with Gasteiger partial charge < -0.3 is 4.74 Å². The normalized spacial score (nSPS) is 15.4. The minimum atomic E-state index is -0.0781. The first-order valence-corrected chi connectivity index (χ1v) is 9.08. The predicted octanol–water partition coefficient (Wildman–Crippen LogP) is 6.55. The molecule has 2 nitrogen and oxygen atoms in total. The Morgan fingerprint density at radius 3 is 1.85 bits per heavy atom. The molecule has 0 bridgehead atoms. The zero-order valence-electron chi connectivity index (χ0n) is 17.0. The molecule has 26 heavy (non-hydrogen) atoms. The van der Waals surface area contributed by atoms with E-state index in [0.29, 0.717) is 5.56 Å². The highest BCUT2D eigenvalue weighted by Gasteiger charge is 2.28. The standard InChI is InChI=1S/C24H30O2/c1-17-11-13-19(14-12-17)20(25)10-8-9-18-15-21(23(2,3)4)26-22(16-18)24(5,6)7/h8-16H,1-7H3/b10-8+. The Labute approximate surface area is 158 Å². The molecule has 138 valence electrons. The summed E-state index contributed by atoms with van der Waals surface area (Å²) >= 11 is 0. The van der Waals surface area contributed by atoms with Crippen LogP contribution in [0.4, 0.5) is 0 Å². The Hall–Kier alpha value is -2.35. The molecular formula is C24H30O2. The van der Waals surface area contributed by atoms with Crippen LogP contribution in [-0.2, 0) is 4.74 Å². The Kier molecular flexibility index (Phi) is 5.75. The van der Waals surface area contributed by atoms with Gasteiger partial charge in [-0.3, -0.25) is 4.79 Å². The van der Waals surface area contributed by atoms with Crippen LogP contribution in [0.3, 0.4) is 0 Å². The van der Waals surface area contributed by atoms with Crippen molar-refractivity contribution < 1.29 is 9.53 Å². The minimum Gasteiger partial charge on any atom is -0.465 e. The summed E-state index contributed by atoms with van der Waals surface area (Å²) in [5, 5.41) is 0. The minimum absolute atomic E-state index is 0.00829. The number of benzene rings is 1. The Bertz CT molecular complexity index is 754. The van der Waals surface area contributed by atoms with E-state index in [9.17, 15) is 4.79 Å². The van der Waals surface area contributed by atoms with Crippen LogP contribution in [0.1, 0.15) is 57.5 Å². The molecule has 0 unspecified atom stereocenters. The van der Waals surface area contributed by atoms with Gasteiger partial charge in [0, 0.05) is 16.4 Å². The topological polar surface area (TPSA) is 26.3 Å². The van der Waals surface area contributed by atoms with Crippen LogP contribution in [0, 0.1) is 17.8 Å². The van der Waals surface area contributed by atoms with E-state index in [-0.39, 0.29) is 16.6 Å². The molecule has 0 radical (unpaired) electrons. The van der Waals surface area contributed by atoms with Crippen molar-refractivity contribution in [2.45, 2.75) is 48.5 Å². The SMILES string of the molecule is Cc1ccc(C(=O)/C=C/C=C2C=C(C(C)(C)C)OC(C(C)(C)C)=C2)cc1. The van der Waals surface area contributed by atoms with E-state index in [1.807, 2.05) is 43.3 Å². The lowest BCUT2D eigenvalue weighted by molar-refractivity contribution is 0.104. The first kappa shape index (κ1) is 20.0. The van der Waals surface area contributed by atoms with Crippen LogP contribution in [0.5, 0.6) is 0 Å². The largest absolute Gasteiger partial charge is 0.465 e. The van der Waals surface area contributed by atoms with E-state index in [4.69, 9.17) is 4.74 Å². The van der Waals surface area contributed by atoms with E-state index in [0.717, 1.165) is 22.7 Å². The van der Waals surface area contributed by atoms with E-state index in [1.165, 1.54) is 0 Å². The predicted molar refractivity (Wildman–Crippen MR) is 109 cm³/mol. The third-order valence-electron chi connectivity index (χ3n) is 4.17. The summed E-state index contributed by atoms with van der Waals surface area (Å²) in [6, 6.07) is 7.63. The first-order chi connectivity index (χ1) is 12.0. The van der Waals surface area contributed by atoms with Crippen LogP contribution in [0.25, 0.3) is 0 Å². The maximum atomic E-state index is 12.3. The van der Waals surface area contributed by atoms with Crippen molar-refractivity contribution in [1.29, 1.82) is 0 Å². The van der Waals surface area contributed by atoms with Gasteiger partial charge in [-0.1, -0.05) is 83.5 Å². The lowest BCUT2D eigenvalue weighted by Gasteiger charge is -2.32. The molecule has 2 rings (SSSR count). The van der Waals surface area contributed by atoms with Gasteiger partial charge >= 0.3 is 0 Å². The van der Waals surface area contributed by atoms with Crippen LogP contribution >= 0.6 is 0 Å². The Morgan fingerprint density at radius 1 is 0.885 bits per heavy atom. The van der Waals surface area contributed by atoms with Gasteiger partial charge in [0.2, 0.25) is 0 Å². The lowest BCUT2D eigenvalue weighted by atomic mass is 9.87. The molecule has 0 aromatic heterocycles. The Balaban J connectivity index is 2.26. The van der Waals surface area contributed by atoms with Crippen molar-refractivity contribution in [2.75, 3.05) is 0 Å². The maximum Gasteiger partial charge on any atom is 0.185 e. The number of hydrogen-bond donors (Lipinski definition) is 0. The molecule has 0 fully saturated rings. The Morgan fingerprint density at radius 2 is 1.38 bits per heavy atom. The summed E-state index contributed by atoms with van der Waals surface area (Å²) in [5.74, 6) is 1.89. The van der Waals surface area contributed by atoms with Gasteiger partial charge in [-0.05, 0) is 30.7 Å². The number of ketones is 1. The first-order valence-electron chi connectivity index (χ1n) is 9.08. The number of ether oxygens (including phenoxy) is 1. The third-order valence-corrected chi connectivity index (χ3v) is 4.17. The number of carbonyl (C=O) groups excluding carboxylic acids is 1. The second kappa shape index (κ2) is 7.49. The average molecular weight is 351 g/mol. The second-order valence-corrected chi connectivity index (χ2v) is 8.88. The molecule has 1 aliphatic heterocycles. The van der Waals surface area contributed by atoms with E-state index >= 15 is 0 Å². The maximum absolute atomic E-state index is 12.3. The van der Waals surface area contributed by atoms with Crippen molar-refractivity contribution in [1.82, 2.24) is 0 Å². The summed E-state index contributed by atoms with van der Waals surface area (Å²) in [5.41, 5.74) is 2.74. The number of allylic oxidation sites excluding steroid dienone is 8. The zero-order valence-corrected chi connectivity index (χ0v) is 17.0. The smallest absolute Gasteiger partial charge is 0.185 e. The molecule has 0 saturated carbocycles. The van der Waals surface area contributed by atoms with Crippen molar-refractivity contribution in [2.24, 2.45) is 10.8 Å². The summed E-state index contributed by atoms with van der Waals surface area (Å²) in [4.78, 5) is 12.3. The highest BCUT2D eigenvalue weighted by atomic mass is 16.5. The second-order valence-electron chi connectivity index (χ2n) is 8.88. The van der Waals surface area contributed by atoms with Gasteiger partial charge in [-0.15, -0.1) is 0 Å². The van der Waals surface area contributed by atoms with Gasteiger partial charge in [-0.2, -0.15) is 0 Å². The summed E-state index contributed by atoms with van der Waals surface area (Å²) in [6.07, 6.45) is 9.50. The van der Waals surface area contributed by atoms with E-state index in [2.05, 4.69) is 53.7 Å². The van der Waals surface area contributed by atoms with Gasteiger partial charge in [0.25, 0.3) is 0 Å². The summed E-state index contributed by atoms with van der Waals surface area (Å²) in [6.45, 7) is 14.8. The van der Waals surface area contributed by atoms with Crippen molar-refractivity contribution >= 4 is 5.78 Å². The molecule has 1 aromatic rings. The van der Waals surface area contributed by atoms with E-state index in [1.54, 1.807) is 6.08 Å². The molecule has 0 saturated heterocycles. The molecule has 0 spiro atoms. The fourth-order valence-electron chi connectivity index (χ4n) is 2.42. The van der Waals surface area contributed by atoms with Crippen LogP contribution in [-0.4, -0.2) is 5.78 Å². The molecule has 2 heteroatoms. The van der Waals surface area contributed by atoms with Gasteiger partial charge in [0.1, 0.15) is 11.5 Å². The molecular weight excluding hydrogens is 320 g/mol. The summed E-state index contributed by atoms with van der Waals surface area (Å²) in [7, 11) is 0. The molecule has 1 aliphatic rings. The molecule has 1 aromatic carbocycles. The van der Waals surface area contributed by atoms with Gasteiger partial charge in [0.15, 0.2) is 5.78 Å². The monoisotopic (exact) mass is 350 g/mol. The number of hydrogen-bond acceptors (Lipinski definition) is 2. The number of aryl methyl sites for hydroxylation is 1. The molecule has 0 aliphatic carbocycles. The molecule has 0 atom stereocenters. The summed E-state index contributed by atoms with van der Waals surface area (Å²) < 4.78 is 6.14.